The van der Waals surface area contributed by atoms with Crippen LogP contribution in [0.2, 0.25) is 5.02 Å². The zero-order chi connectivity index (χ0) is 11.6. The highest BCUT2D eigenvalue weighted by atomic mass is 35.5. The van der Waals surface area contributed by atoms with Gasteiger partial charge in [-0.3, -0.25) is 0 Å². The molecule has 0 heterocycles. The van der Waals surface area contributed by atoms with Crippen molar-refractivity contribution in [1.29, 1.82) is 0 Å². The molecule has 0 fully saturated rings. The van der Waals surface area contributed by atoms with Crippen LogP contribution in [0.25, 0.3) is 0 Å². The predicted octanol–water partition coefficient (Wildman–Crippen LogP) is 2.97. The Balaban J connectivity index is 2.82. The minimum atomic E-state index is -0.856. The third-order valence-electron chi connectivity index (χ3n) is 1.96. The van der Waals surface area contributed by atoms with Gasteiger partial charge in [0.25, 0.3) is 0 Å². The fourth-order valence-corrected chi connectivity index (χ4v) is 1.38. The van der Waals surface area contributed by atoms with E-state index in [2.05, 4.69) is 5.32 Å². The molecule has 2 N–H and O–H groups in total. The van der Waals surface area contributed by atoms with E-state index < -0.39 is 5.60 Å². The zero-order valence-corrected chi connectivity index (χ0v) is 9.82. The minimum Gasteiger partial charge on any atom is -0.389 e. The third kappa shape index (κ3) is 3.68. The van der Waals surface area contributed by atoms with Crippen LogP contribution in [0.4, 0.5) is 10.1 Å². The Hall–Kier alpha value is -0.800. The van der Waals surface area contributed by atoms with Gasteiger partial charge in [0.05, 0.1) is 16.3 Å². The first-order valence-corrected chi connectivity index (χ1v) is 5.09. The van der Waals surface area contributed by atoms with Gasteiger partial charge < -0.3 is 10.4 Å². The number of anilines is 1. The van der Waals surface area contributed by atoms with Crippen LogP contribution in [0.3, 0.4) is 0 Å². The molecule has 0 saturated carbocycles. The molecule has 1 rings (SSSR count). The molecular weight excluding hydrogens is 217 g/mol. The molecule has 2 nitrogen and oxygen atoms in total. The first-order chi connectivity index (χ1) is 6.79. The van der Waals surface area contributed by atoms with Crippen molar-refractivity contribution in [2.24, 2.45) is 0 Å². The smallest absolute Gasteiger partial charge is 0.128 e. The van der Waals surface area contributed by atoms with Gasteiger partial charge in [0.1, 0.15) is 5.82 Å². The van der Waals surface area contributed by atoms with Gasteiger partial charge in [-0.1, -0.05) is 11.6 Å². The lowest BCUT2D eigenvalue weighted by Gasteiger charge is -2.19. The van der Waals surface area contributed by atoms with E-state index in [0.717, 1.165) is 0 Å². The van der Waals surface area contributed by atoms with Gasteiger partial charge in [-0.05, 0) is 38.5 Å². The molecule has 0 amide bonds. The quantitative estimate of drug-likeness (QED) is 0.838. The van der Waals surface area contributed by atoms with Gasteiger partial charge in [-0.2, -0.15) is 0 Å². The molecule has 4 heteroatoms. The number of hydrogen-bond donors (Lipinski definition) is 2. The summed E-state index contributed by atoms with van der Waals surface area (Å²) < 4.78 is 13.2. The Kier molecular flexibility index (Phi) is 3.58. The van der Waals surface area contributed by atoms with Gasteiger partial charge in [-0.25, -0.2) is 4.39 Å². The number of rotatable bonds is 3. The summed E-state index contributed by atoms with van der Waals surface area (Å²) in [6.45, 7) is 5.30. The number of nitrogens with one attached hydrogen (secondary N) is 1. The van der Waals surface area contributed by atoms with E-state index >= 15 is 0 Å². The average Bonchev–Trinajstić information content (AvgIpc) is 2.07. The molecule has 15 heavy (non-hydrogen) atoms. The molecule has 0 spiro atoms. The minimum absolute atomic E-state index is 0.308. The summed E-state index contributed by atoms with van der Waals surface area (Å²) in [6.07, 6.45) is 0. The van der Waals surface area contributed by atoms with Crippen molar-refractivity contribution in [1.82, 2.24) is 0 Å². The lowest BCUT2D eigenvalue weighted by molar-refractivity contribution is 0.0945. The molecule has 1 aromatic carbocycles. The fraction of sp³-hybridized carbons (Fsp3) is 0.455. The SMILES string of the molecule is Cc1cc(Cl)c(NCC(C)(C)O)cc1F. The molecule has 0 aliphatic heterocycles. The molecule has 0 unspecified atom stereocenters. The Bertz CT molecular complexity index is 360. The van der Waals surface area contributed by atoms with Crippen molar-refractivity contribution >= 4 is 17.3 Å². The topological polar surface area (TPSA) is 32.3 Å². The van der Waals surface area contributed by atoms with Crippen LogP contribution < -0.4 is 5.32 Å². The number of aryl methyl sites for hydroxylation is 1. The largest absolute Gasteiger partial charge is 0.389 e. The van der Waals surface area contributed by atoms with Gasteiger partial charge in [-0.15, -0.1) is 0 Å². The molecule has 0 saturated heterocycles. The molecule has 0 bridgehead atoms. The highest BCUT2D eigenvalue weighted by molar-refractivity contribution is 6.33. The standard InChI is InChI=1S/C11H15ClFNO/c1-7-4-8(12)10(5-9(7)13)14-6-11(2,3)15/h4-5,14-15H,6H2,1-3H3. The maximum absolute atomic E-state index is 13.2. The Morgan fingerprint density at radius 1 is 1.47 bits per heavy atom. The van der Waals surface area contributed by atoms with E-state index in [1.54, 1.807) is 26.8 Å². The second-order valence-electron chi connectivity index (χ2n) is 4.25. The number of benzene rings is 1. The van der Waals surface area contributed by atoms with E-state index in [1.807, 2.05) is 0 Å². The highest BCUT2D eigenvalue weighted by Gasteiger charge is 2.13. The van der Waals surface area contributed by atoms with E-state index in [-0.39, 0.29) is 5.82 Å². The van der Waals surface area contributed by atoms with Crippen molar-refractivity contribution in [2.45, 2.75) is 26.4 Å². The molecule has 0 aliphatic carbocycles. The Labute approximate surface area is 94.1 Å². The summed E-state index contributed by atoms with van der Waals surface area (Å²) in [7, 11) is 0. The first kappa shape index (κ1) is 12.3. The van der Waals surface area contributed by atoms with Crippen LogP contribution in [0.1, 0.15) is 19.4 Å². The molecule has 0 aromatic heterocycles. The van der Waals surface area contributed by atoms with Crippen LogP contribution >= 0.6 is 11.6 Å². The number of aliphatic hydroxyl groups is 1. The van der Waals surface area contributed by atoms with Crippen LogP contribution in [0.15, 0.2) is 12.1 Å². The van der Waals surface area contributed by atoms with E-state index in [4.69, 9.17) is 11.6 Å². The maximum Gasteiger partial charge on any atom is 0.128 e. The number of hydrogen-bond acceptors (Lipinski definition) is 2. The number of halogens is 2. The van der Waals surface area contributed by atoms with Gasteiger partial charge in [0.15, 0.2) is 0 Å². The fourth-order valence-electron chi connectivity index (χ4n) is 1.09. The van der Waals surface area contributed by atoms with Crippen LogP contribution in [0, 0.1) is 12.7 Å². The lowest BCUT2D eigenvalue weighted by Crippen LogP contribution is -2.29. The van der Waals surface area contributed by atoms with Crippen molar-refractivity contribution in [3.05, 3.63) is 28.5 Å². The van der Waals surface area contributed by atoms with Gasteiger partial charge >= 0.3 is 0 Å². The second-order valence-corrected chi connectivity index (χ2v) is 4.65. The normalized spacial score (nSPS) is 11.6. The lowest BCUT2D eigenvalue weighted by atomic mass is 10.1. The summed E-state index contributed by atoms with van der Waals surface area (Å²) in [5.41, 5.74) is 0.153. The summed E-state index contributed by atoms with van der Waals surface area (Å²) >= 11 is 5.92. The molecule has 0 radical (unpaired) electrons. The molecular formula is C11H15ClFNO. The van der Waals surface area contributed by atoms with Crippen molar-refractivity contribution in [3.63, 3.8) is 0 Å². The van der Waals surface area contributed by atoms with Gasteiger partial charge in [0, 0.05) is 6.54 Å². The van der Waals surface area contributed by atoms with Crippen molar-refractivity contribution in [2.75, 3.05) is 11.9 Å². The average molecular weight is 232 g/mol. The van der Waals surface area contributed by atoms with Crippen LogP contribution in [0.5, 0.6) is 0 Å². The molecule has 1 aromatic rings. The summed E-state index contributed by atoms with van der Waals surface area (Å²) in [5.74, 6) is -0.308. The summed E-state index contributed by atoms with van der Waals surface area (Å²) in [4.78, 5) is 0. The Morgan fingerprint density at radius 3 is 2.60 bits per heavy atom. The summed E-state index contributed by atoms with van der Waals surface area (Å²) in [5, 5.41) is 12.9. The molecule has 0 aliphatic rings. The maximum atomic E-state index is 13.2. The van der Waals surface area contributed by atoms with E-state index in [9.17, 15) is 9.50 Å². The monoisotopic (exact) mass is 231 g/mol. The van der Waals surface area contributed by atoms with E-state index in [1.165, 1.54) is 6.07 Å². The predicted molar refractivity (Wildman–Crippen MR) is 60.9 cm³/mol. The first-order valence-electron chi connectivity index (χ1n) is 4.71. The van der Waals surface area contributed by atoms with Crippen LogP contribution in [-0.2, 0) is 0 Å². The highest BCUT2D eigenvalue weighted by Crippen LogP contribution is 2.25. The summed E-state index contributed by atoms with van der Waals surface area (Å²) in [6, 6.07) is 2.90. The third-order valence-corrected chi connectivity index (χ3v) is 2.27. The second kappa shape index (κ2) is 4.37. The zero-order valence-electron chi connectivity index (χ0n) is 9.06. The molecule has 0 atom stereocenters. The van der Waals surface area contributed by atoms with Gasteiger partial charge in [0.2, 0.25) is 0 Å². The Morgan fingerprint density at radius 2 is 2.07 bits per heavy atom. The van der Waals surface area contributed by atoms with E-state index in [0.29, 0.717) is 22.8 Å². The van der Waals surface area contributed by atoms with Crippen molar-refractivity contribution < 1.29 is 9.50 Å². The van der Waals surface area contributed by atoms with Crippen LogP contribution in [-0.4, -0.2) is 17.3 Å². The molecule has 84 valence electrons. The van der Waals surface area contributed by atoms with Crippen molar-refractivity contribution in [3.8, 4) is 0 Å².